The van der Waals surface area contributed by atoms with Gasteiger partial charge in [0, 0.05) is 17.3 Å². The van der Waals surface area contributed by atoms with E-state index in [-0.39, 0.29) is 6.10 Å². The van der Waals surface area contributed by atoms with Crippen LogP contribution in [0.1, 0.15) is 12.5 Å². The van der Waals surface area contributed by atoms with Gasteiger partial charge in [-0.1, -0.05) is 35.5 Å². The summed E-state index contributed by atoms with van der Waals surface area (Å²) in [5, 5.41) is 14.3. The lowest BCUT2D eigenvalue weighted by Crippen LogP contribution is -2.44. The zero-order valence-electron chi connectivity index (χ0n) is 10.8. The molecule has 0 saturated carbocycles. The predicted octanol–water partition coefficient (Wildman–Crippen LogP) is 2.13. The molecule has 2 rings (SSSR count). The quantitative estimate of drug-likeness (QED) is 0.894. The first-order valence-corrected chi connectivity index (χ1v) is 7.56. The van der Waals surface area contributed by atoms with Crippen molar-refractivity contribution in [2.45, 2.75) is 18.8 Å². The number of rotatable bonds is 4. The number of halogens is 1. The van der Waals surface area contributed by atoms with Gasteiger partial charge in [-0.2, -0.15) is 0 Å². The Labute approximate surface area is 122 Å². The highest BCUT2D eigenvalue weighted by Crippen LogP contribution is 2.17. The lowest BCUT2D eigenvalue weighted by molar-refractivity contribution is 0.124. The van der Waals surface area contributed by atoms with E-state index in [0.717, 1.165) is 22.6 Å². The Bertz CT molecular complexity index is 436. The first kappa shape index (κ1) is 14.7. The smallest absolute Gasteiger partial charge is 0.159 e. The van der Waals surface area contributed by atoms with Gasteiger partial charge in [0.25, 0.3) is 0 Å². The molecular formula is C13H18ClN3OS. The summed E-state index contributed by atoms with van der Waals surface area (Å²) < 4.78 is 0. The van der Waals surface area contributed by atoms with Gasteiger partial charge in [-0.05, 0) is 24.6 Å². The van der Waals surface area contributed by atoms with E-state index in [9.17, 15) is 5.11 Å². The van der Waals surface area contributed by atoms with Gasteiger partial charge < -0.3 is 10.4 Å². The lowest BCUT2D eigenvalue weighted by Gasteiger charge is -2.27. The van der Waals surface area contributed by atoms with E-state index < -0.39 is 0 Å². The van der Waals surface area contributed by atoms with Crippen molar-refractivity contribution >= 4 is 28.5 Å². The minimum absolute atomic E-state index is 0.319. The summed E-state index contributed by atoms with van der Waals surface area (Å²) in [5.74, 6) is 0.874. The normalized spacial score (nSPS) is 17.7. The molecule has 0 spiro atoms. The Balaban J connectivity index is 1.78. The fourth-order valence-corrected chi connectivity index (χ4v) is 2.71. The molecule has 0 amide bonds. The molecule has 1 aromatic carbocycles. The van der Waals surface area contributed by atoms with Gasteiger partial charge in [-0.3, -0.25) is 4.90 Å². The zero-order chi connectivity index (χ0) is 13.7. The highest BCUT2D eigenvalue weighted by atomic mass is 35.5. The third-order valence-electron chi connectivity index (χ3n) is 2.68. The number of aliphatic hydroxyl groups excluding tert-OH is 1. The number of amidine groups is 1. The lowest BCUT2D eigenvalue weighted by atomic mass is 10.2. The molecule has 4 nitrogen and oxygen atoms in total. The standard InChI is InChI=1S/C13H18ClN3OS/c1-10(18)6-17-8-15-13(16-9-17)19-7-11-2-4-12(14)5-3-11/h2-5,10,18H,6-9H2,1H3,(H,15,16)/t10-/m1/s1. The van der Waals surface area contributed by atoms with E-state index in [2.05, 4.69) is 15.2 Å². The van der Waals surface area contributed by atoms with Crippen molar-refractivity contribution in [2.24, 2.45) is 4.99 Å². The molecule has 1 aliphatic rings. The molecule has 1 aromatic rings. The fraction of sp³-hybridized carbons (Fsp3) is 0.462. The van der Waals surface area contributed by atoms with Crippen molar-refractivity contribution in [3.63, 3.8) is 0 Å². The predicted molar refractivity (Wildman–Crippen MR) is 81.4 cm³/mol. The van der Waals surface area contributed by atoms with Crippen molar-refractivity contribution < 1.29 is 5.11 Å². The molecule has 2 N–H and O–H groups in total. The van der Waals surface area contributed by atoms with E-state index in [1.54, 1.807) is 18.7 Å². The van der Waals surface area contributed by atoms with Crippen LogP contribution in [0, 0.1) is 0 Å². The van der Waals surface area contributed by atoms with E-state index >= 15 is 0 Å². The molecule has 0 saturated heterocycles. The molecule has 0 bridgehead atoms. The molecular weight excluding hydrogens is 282 g/mol. The average Bonchev–Trinajstić information content (AvgIpc) is 2.39. The van der Waals surface area contributed by atoms with E-state index in [1.807, 2.05) is 24.3 Å². The summed E-state index contributed by atoms with van der Waals surface area (Å²) in [6.07, 6.45) is -0.319. The van der Waals surface area contributed by atoms with Gasteiger partial charge in [-0.25, -0.2) is 4.99 Å². The summed E-state index contributed by atoms with van der Waals surface area (Å²) in [4.78, 5) is 6.52. The molecule has 1 heterocycles. The maximum absolute atomic E-state index is 9.31. The Morgan fingerprint density at radius 1 is 1.47 bits per heavy atom. The molecule has 0 aliphatic carbocycles. The van der Waals surface area contributed by atoms with E-state index in [4.69, 9.17) is 11.6 Å². The molecule has 104 valence electrons. The molecule has 0 fully saturated rings. The number of aliphatic imine (C=N–C) groups is 1. The van der Waals surface area contributed by atoms with Crippen LogP contribution in [-0.2, 0) is 5.75 Å². The minimum Gasteiger partial charge on any atom is -0.392 e. The van der Waals surface area contributed by atoms with Gasteiger partial charge in [0.1, 0.15) is 0 Å². The van der Waals surface area contributed by atoms with Crippen LogP contribution in [0.5, 0.6) is 0 Å². The SMILES string of the molecule is C[C@@H](O)CN1CN=C(SCc2ccc(Cl)cc2)NC1. The third-order valence-corrected chi connectivity index (χ3v) is 3.96. The van der Waals surface area contributed by atoms with Crippen molar-refractivity contribution in [3.05, 3.63) is 34.9 Å². The summed E-state index contributed by atoms with van der Waals surface area (Å²) in [7, 11) is 0. The second kappa shape index (κ2) is 7.14. The van der Waals surface area contributed by atoms with Crippen LogP contribution in [0.25, 0.3) is 0 Å². The molecule has 1 atom stereocenters. The number of hydrogen-bond acceptors (Lipinski definition) is 5. The second-order valence-corrected chi connectivity index (χ2v) is 5.96. The Morgan fingerprint density at radius 3 is 2.79 bits per heavy atom. The summed E-state index contributed by atoms with van der Waals surface area (Å²) in [6, 6.07) is 7.85. The van der Waals surface area contributed by atoms with Gasteiger partial charge in [-0.15, -0.1) is 0 Å². The number of benzene rings is 1. The van der Waals surface area contributed by atoms with Gasteiger partial charge in [0.2, 0.25) is 0 Å². The Kier molecular flexibility index (Phi) is 5.51. The van der Waals surface area contributed by atoms with Gasteiger partial charge >= 0.3 is 0 Å². The van der Waals surface area contributed by atoms with Crippen LogP contribution in [0.4, 0.5) is 0 Å². The topological polar surface area (TPSA) is 47.9 Å². The average molecular weight is 300 g/mol. The monoisotopic (exact) mass is 299 g/mol. The second-order valence-electron chi connectivity index (χ2n) is 4.56. The number of nitrogens with one attached hydrogen (secondary N) is 1. The van der Waals surface area contributed by atoms with Crippen LogP contribution in [0.15, 0.2) is 29.3 Å². The maximum atomic E-state index is 9.31. The highest BCUT2D eigenvalue weighted by Gasteiger charge is 2.13. The maximum Gasteiger partial charge on any atom is 0.159 e. The van der Waals surface area contributed by atoms with Gasteiger partial charge in [0.15, 0.2) is 5.17 Å². The van der Waals surface area contributed by atoms with Crippen molar-refractivity contribution in [2.75, 3.05) is 19.9 Å². The molecule has 19 heavy (non-hydrogen) atoms. The number of β-amino-alcohol motifs (C(OH)–C–C–N with tert-alkyl or cyclic N) is 1. The fourth-order valence-electron chi connectivity index (χ4n) is 1.77. The number of hydrogen-bond donors (Lipinski definition) is 2. The van der Waals surface area contributed by atoms with E-state index in [0.29, 0.717) is 13.2 Å². The Hall–Kier alpha value is -0.750. The van der Waals surface area contributed by atoms with Gasteiger partial charge in [0.05, 0.1) is 19.4 Å². The van der Waals surface area contributed by atoms with Crippen molar-refractivity contribution in [3.8, 4) is 0 Å². The largest absolute Gasteiger partial charge is 0.392 e. The zero-order valence-corrected chi connectivity index (χ0v) is 12.4. The molecule has 0 unspecified atom stereocenters. The van der Waals surface area contributed by atoms with Crippen molar-refractivity contribution in [1.29, 1.82) is 0 Å². The molecule has 6 heteroatoms. The summed E-state index contributed by atoms with van der Waals surface area (Å²) in [5.41, 5.74) is 1.23. The molecule has 1 aliphatic heterocycles. The summed E-state index contributed by atoms with van der Waals surface area (Å²) in [6.45, 7) is 3.80. The summed E-state index contributed by atoms with van der Waals surface area (Å²) >= 11 is 7.53. The Morgan fingerprint density at radius 2 is 2.21 bits per heavy atom. The number of nitrogens with zero attached hydrogens (tertiary/aromatic N) is 2. The van der Waals surface area contributed by atoms with Crippen LogP contribution < -0.4 is 5.32 Å². The number of aliphatic hydroxyl groups is 1. The van der Waals surface area contributed by atoms with E-state index in [1.165, 1.54) is 5.56 Å². The first-order chi connectivity index (χ1) is 9.13. The van der Waals surface area contributed by atoms with Crippen LogP contribution >= 0.6 is 23.4 Å². The van der Waals surface area contributed by atoms with Crippen LogP contribution in [0.3, 0.4) is 0 Å². The number of thioether (sulfide) groups is 1. The minimum atomic E-state index is -0.319. The molecule has 0 aromatic heterocycles. The van der Waals surface area contributed by atoms with Crippen LogP contribution in [0.2, 0.25) is 5.02 Å². The first-order valence-electron chi connectivity index (χ1n) is 6.19. The van der Waals surface area contributed by atoms with Crippen LogP contribution in [-0.4, -0.2) is 41.2 Å². The third kappa shape index (κ3) is 5.03. The molecule has 0 radical (unpaired) electrons. The highest BCUT2D eigenvalue weighted by molar-refractivity contribution is 8.13. The van der Waals surface area contributed by atoms with Crippen molar-refractivity contribution in [1.82, 2.24) is 10.2 Å².